The highest BCUT2D eigenvalue weighted by Gasteiger charge is 2.21. The van der Waals surface area contributed by atoms with Crippen LogP contribution < -0.4 is 5.32 Å². The average Bonchev–Trinajstić information content (AvgIpc) is 2.73. The molecule has 1 aliphatic heterocycles. The normalized spacial score (nSPS) is 15.2. The molecule has 1 N–H and O–H groups in total. The fourth-order valence-corrected chi connectivity index (χ4v) is 3.14. The molecule has 1 aromatic heterocycles. The van der Waals surface area contributed by atoms with Crippen molar-refractivity contribution in [3.8, 4) is 0 Å². The lowest BCUT2D eigenvalue weighted by atomic mass is 10.2. The van der Waals surface area contributed by atoms with Gasteiger partial charge in [0.2, 0.25) is 0 Å². The van der Waals surface area contributed by atoms with E-state index in [9.17, 15) is 4.79 Å². The number of hydrogen-bond acceptors (Lipinski definition) is 4. The number of rotatable bonds is 7. The molecule has 0 saturated carbocycles. The summed E-state index contributed by atoms with van der Waals surface area (Å²) in [6.07, 6.45) is 8.81. The van der Waals surface area contributed by atoms with Gasteiger partial charge >= 0.3 is 0 Å². The van der Waals surface area contributed by atoms with Gasteiger partial charge in [0.1, 0.15) is 0 Å². The number of anilines is 1. The van der Waals surface area contributed by atoms with E-state index in [4.69, 9.17) is 0 Å². The second-order valence-electron chi connectivity index (χ2n) is 6.79. The molecule has 27 heavy (non-hydrogen) atoms. The number of amides is 1. The summed E-state index contributed by atoms with van der Waals surface area (Å²) in [5.74, 6) is 0.0714. The Labute approximate surface area is 161 Å². The summed E-state index contributed by atoms with van der Waals surface area (Å²) in [6, 6.07) is 12.2. The van der Waals surface area contributed by atoms with Crippen LogP contribution in [0, 0.1) is 0 Å². The molecule has 0 atom stereocenters. The van der Waals surface area contributed by atoms with Crippen molar-refractivity contribution >= 4 is 17.7 Å². The first kappa shape index (κ1) is 19.1. The van der Waals surface area contributed by atoms with Gasteiger partial charge in [-0.1, -0.05) is 49.4 Å². The fraction of sp³-hybridized carbons (Fsp3) is 0.364. The molecular weight excluding hydrogens is 336 g/mol. The number of nitrogens with zero attached hydrogens (tertiary/aromatic N) is 3. The predicted molar refractivity (Wildman–Crippen MR) is 111 cm³/mol. The second-order valence-corrected chi connectivity index (χ2v) is 6.79. The van der Waals surface area contributed by atoms with Crippen LogP contribution in [0.3, 0.4) is 0 Å². The van der Waals surface area contributed by atoms with E-state index in [0.717, 1.165) is 51.4 Å². The maximum atomic E-state index is 12.8. The van der Waals surface area contributed by atoms with Gasteiger partial charge in [-0.05, 0) is 18.1 Å². The molecule has 5 nitrogen and oxygen atoms in total. The Morgan fingerprint density at radius 3 is 2.67 bits per heavy atom. The zero-order valence-electron chi connectivity index (χ0n) is 16.0. The molecule has 0 spiro atoms. The molecule has 1 fully saturated rings. The third kappa shape index (κ3) is 5.66. The number of carbonyl (C=O) groups excluding carboxylic acids is 1. The first-order chi connectivity index (χ1) is 13.3. The van der Waals surface area contributed by atoms with Crippen molar-refractivity contribution < 1.29 is 4.79 Å². The van der Waals surface area contributed by atoms with Gasteiger partial charge in [0, 0.05) is 51.7 Å². The standard InChI is InChI=1S/C22H28N4O/c1-2-10-24-21-16-20(17-23-18-21)22(27)26-14-12-25(13-15-26)11-6-9-19-7-4-3-5-8-19/h3-9,16-18,24H,2,10-15H2,1H3/b9-6+. The summed E-state index contributed by atoms with van der Waals surface area (Å²) in [4.78, 5) is 21.3. The molecule has 3 rings (SSSR count). The average molecular weight is 364 g/mol. The number of aromatic nitrogens is 1. The van der Waals surface area contributed by atoms with Gasteiger partial charge in [0.05, 0.1) is 11.3 Å². The van der Waals surface area contributed by atoms with E-state index in [-0.39, 0.29) is 5.91 Å². The highest BCUT2D eigenvalue weighted by molar-refractivity contribution is 5.94. The second kappa shape index (κ2) is 9.88. The maximum Gasteiger partial charge on any atom is 0.255 e. The van der Waals surface area contributed by atoms with Crippen molar-refractivity contribution in [3.63, 3.8) is 0 Å². The van der Waals surface area contributed by atoms with Crippen LogP contribution in [0.5, 0.6) is 0 Å². The summed E-state index contributed by atoms with van der Waals surface area (Å²) in [7, 11) is 0. The summed E-state index contributed by atoms with van der Waals surface area (Å²) < 4.78 is 0. The molecule has 2 aromatic rings. The molecule has 1 saturated heterocycles. The van der Waals surface area contributed by atoms with E-state index < -0.39 is 0 Å². The van der Waals surface area contributed by atoms with E-state index in [0.29, 0.717) is 5.56 Å². The van der Waals surface area contributed by atoms with Crippen molar-refractivity contribution in [2.45, 2.75) is 13.3 Å². The minimum atomic E-state index is 0.0714. The summed E-state index contributed by atoms with van der Waals surface area (Å²) in [6.45, 7) is 7.21. The zero-order chi connectivity index (χ0) is 18.9. The van der Waals surface area contributed by atoms with Gasteiger partial charge in [0.15, 0.2) is 0 Å². The molecule has 1 amide bonds. The van der Waals surface area contributed by atoms with Gasteiger partial charge in [-0.3, -0.25) is 14.7 Å². The summed E-state index contributed by atoms with van der Waals surface area (Å²) in [5.41, 5.74) is 2.79. The molecule has 1 aromatic carbocycles. The van der Waals surface area contributed by atoms with E-state index in [2.05, 4.69) is 46.4 Å². The van der Waals surface area contributed by atoms with Gasteiger partial charge < -0.3 is 10.2 Å². The first-order valence-corrected chi connectivity index (χ1v) is 9.68. The Balaban J connectivity index is 1.48. The van der Waals surface area contributed by atoms with Crippen LogP contribution in [-0.4, -0.2) is 60.0 Å². The van der Waals surface area contributed by atoms with Crippen molar-refractivity contribution in [2.75, 3.05) is 44.6 Å². The summed E-state index contributed by atoms with van der Waals surface area (Å²) in [5, 5.41) is 3.29. The zero-order valence-corrected chi connectivity index (χ0v) is 16.0. The molecule has 142 valence electrons. The molecule has 2 heterocycles. The third-order valence-electron chi connectivity index (χ3n) is 4.70. The van der Waals surface area contributed by atoms with Crippen molar-refractivity contribution in [2.24, 2.45) is 0 Å². The Morgan fingerprint density at radius 1 is 1.15 bits per heavy atom. The highest BCUT2D eigenvalue weighted by Crippen LogP contribution is 2.13. The molecule has 1 aliphatic rings. The smallest absolute Gasteiger partial charge is 0.255 e. The molecule has 0 aliphatic carbocycles. The van der Waals surface area contributed by atoms with Crippen LogP contribution in [0.25, 0.3) is 6.08 Å². The van der Waals surface area contributed by atoms with E-state index in [1.807, 2.05) is 29.2 Å². The van der Waals surface area contributed by atoms with Gasteiger partial charge in [-0.15, -0.1) is 0 Å². The van der Waals surface area contributed by atoms with Crippen LogP contribution in [0.1, 0.15) is 29.3 Å². The number of pyridine rings is 1. The van der Waals surface area contributed by atoms with Crippen LogP contribution >= 0.6 is 0 Å². The van der Waals surface area contributed by atoms with Crippen molar-refractivity contribution in [1.29, 1.82) is 0 Å². The van der Waals surface area contributed by atoms with Crippen molar-refractivity contribution in [1.82, 2.24) is 14.8 Å². The topological polar surface area (TPSA) is 48.5 Å². The molecule has 0 bridgehead atoms. The lowest BCUT2D eigenvalue weighted by Crippen LogP contribution is -2.48. The van der Waals surface area contributed by atoms with Gasteiger partial charge in [-0.2, -0.15) is 0 Å². The largest absolute Gasteiger partial charge is 0.384 e. The van der Waals surface area contributed by atoms with E-state index in [1.54, 1.807) is 12.4 Å². The lowest BCUT2D eigenvalue weighted by Gasteiger charge is -2.34. The number of carbonyl (C=O) groups is 1. The van der Waals surface area contributed by atoms with Gasteiger partial charge in [0.25, 0.3) is 5.91 Å². The molecule has 0 radical (unpaired) electrons. The first-order valence-electron chi connectivity index (χ1n) is 9.68. The number of piperazine rings is 1. The van der Waals surface area contributed by atoms with Crippen LogP contribution in [0.2, 0.25) is 0 Å². The Kier molecular flexibility index (Phi) is 6.99. The minimum Gasteiger partial charge on any atom is -0.384 e. The van der Waals surface area contributed by atoms with Crippen LogP contribution in [0.4, 0.5) is 5.69 Å². The minimum absolute atomic E-state index is 0.0714. The Bertz CT molecular complexity index is 752. The van der Waals surface area contributed by atoms with Crippen molar-refractivity contribution in [3.05, 3.63) is 66.0 Å². The maximum absolute atomic E-state index is 12.8. The SMILES string of the molecule is CCCNc1cncc(C(=O)N2CCN(C/C=C/c3ccccc3)CC2)c1. The van der Waals surface area contributed by atoms with E-state index >= 15 is 0 Å². The lowest BCUT2D eigenvalue weighted by molar-refractivity contribution is 0.0650. The highest BCUT2D eigenvalue weighted by atomic mass is 16.2. The molecular formula is C22H28N4O. The molecule has 5 heteroatoms. The van der Waals surface area contributed by atoms with Crippen LogP contribution in [0.15, 0.2) is 54.9 Å². The van der Waals surface area contributed by atoms with Crippen LogP contribution in [-0.2, 0) is 0 Å². The number of benzene rings is 1. The molecule has 0 unspecified atom stereocenters. The third-order valence-corrected chi connectivity index (χ3v) is 4.70. The Hall–Kier alpha value is -2.66. The number of hydrogen-bond donors (Lipinski definition) is 1. The van der Waals surface area contributed by atoms with E-state index in [1.165, 1.54) is 5.56 Å². The quantitative estimate of drug-likeness (QED) is 0.818. The fourth-order valence-electron chi connectivity index (χ4n) is 3.14. The summed E-state index contributed by atoms with van der Waals surface area (Å²) >= 11 is 0. The Morgan fingerprint density at radius 2 is 1.93 bits per heavy atom. The van der Waals surface area contributed by atoms with Gasteiger partial charge in [-0.25, -0.2) is 0 Å². The number of nitrogens with one attached hydrogen (secondary N) is 1. The predicted octanol–water partition coefficient (Wildman–Crippen LogP) is 3.37. The monoisotopic (exact) mass is 364 g/mol.